The molecule has 0 atom stereocenters. The van der Waals surface area contributed by atoms with E-state index in [1.165, 1.54) is 6.08 Å². The fourth-order valence-corrected chi connectivity index (χ4v) is 3.15. The maximum absolute atomic E-state index is 12.6. The summed E-state index contributed by atoms with van der Waals surface area (Å²) in [5.74, 6) is 1.74. The molecule has 3 rings (SSSR count). The van der Waals surface area contributed by atoms with Gasteiger partial charge in [0.15, 0.2) is 11.5 Å². The number of hydrogen-bond acceptors (Lipinski definition) is 5. The van der Waals surface area contributed by atoms with Crippen molar-refractivity contribution in [3.05, 3.63) is 53.2 Å². The van der Waals surface area contributed by atoms with E-state index in [9.17, 15) is 9.59 Å². The normalized spacial score (nSPS) is 13.0. The van der Waals surface area contributed by atoms with Crippen LogP contribution in [0.15, 0.2) is 36.5 Å². The number of anilines is 1. The summed E-state index contributed by atoms with van der Waals surface area (Å²) in [5.41, 5.74) is 2.67. The quantitative estimate of drug-likeness (QED) is 0.729. The molecule has 0 spiro atoms. The molecule has 152 valence electrons. The Kier molecular flexibility index (Phi) is 6.49. The first-order valence-corrected chi connectivity index (χ1v) is 9.52. The summed E-state index contributed by atoms with van der Waals surface area (Å²) in [6.07, 6.45) is 6.00. The third kappa shape index (κ3) is 4.93. The van der Waals surface area contributed by atoms with Crippen molar-refractivity contribution in [2.24, 2.45) is 0 Å². The minimum absolute atomic E-state index is 0.0194. The number of pyridine rings is 1. The van der Waals surface area contributed by atoms with Gasteiger partial charge in [-0.1, -0.05) is 12.1 Å². The summed E-state index contributed by atoms with van der Waals surface area (Å²) in [6.45, 7) is 2.81. The van der Waals surface area contributed by atoms with E-state index in [4.69, 9.17) is 9.47 Å². The van der Waals surface area contributed by atoms with Crippen LogP contribution < -0.4 is 14.8 Å². The first-order chi connectivity index (χ1) is 14.0. The largest absolute Gasteiger partial charge is 0.493 e. The van der Waals surface area contributed by atoms with Crippen LogP contribution in [0.1, 0.15) is 30.0 Å². The van der Waals surface area contributed by atoms with Crippen molar-refractivity contribution >= 4 is 23.7 Å². The van der Waals surface area contributed by atoms with Crippen LogP contribution in [-0.2, 0) is 22.6 Å². The highest BCUT2D eigenvalue weighted by atomic mass is 16.5. The van der Waals surface area contributed by atoms with Crippen LogP contribution in [0.2, 0.25) is 0 Å². The molecule has 0 saturated heterocycles. The van der Waals surface area contributed by atoms with Crippen LogP contribution >= 0.6 is 0 Å². The van der Waals surface area contributed by atoms with Gasteiger partial charge in [-0.2, -0.15) is 0 Å². The first kappa shape index (κ1) is 20.4. The summed E-state index contributed by atoms with van der Waals surface area (Å²) in [7, 11) is 3.33. The molecule has 7 nitrogen and oxygen atoms in total. The summed E-state index contributed by atoms with van der Waals surface area (Å²) in [5, 5.41) is 2.75. The molecule has 0 fully saturated rings. The standard InChI is InChI=1S/C22H25N3O4/c1-4-29-21-17(6-5-7-18(21)28-3)14-25(2)20(27)11-8-15-12-16-9-10-19(26)24-22(16)23-13-15/h5-8,11-13H,4,9-10,14H2,1-3H3,(H,23,24,26). The Morgan fingerprint density at radius 3 is 2.93 bits per heavy atom. The Bertz CT molecular complexity index is 940. The van der Waals surface area contributed by atoms with Crippen LogP contribution in [0.25, 0.3) is 6.08 Å². The second-order valence-corrected chi connectivity index (χ2v) is 6.73. The number of benzene rings is 1. The zero-order chi connectivity index (χ0) is 20.8. The monoisotopic (exact) mass is 395 g/mol. The molecule has 1 aliphatic rings. The molecule has 0 unspecified atom stereocenters. The van der Waals surface area contributed by atoms with Crippen LogP contribution in [0.5, 0.6) is 11.5 Å². The van der Waals surface area contributed by atoms with Crippen LogP contribution in [0.3, 0.4) is 0 Å². The molecule has 1 aliphatic heterocycles. The average Bonchev–Trinajstić information content (AvgIpc) is 2.73. The van der Waals surface area contributed by atoms with Gasteiger partial charge < -0.3 is 19.7 Å². The number of nitrogens with zero attached hydrogens (tertiary/aromatic N) is 2. The topological polar surface area (TPSA) is 80.8 Å². The minimum atomic E-state index is -0.138. The van der Waals surface area contributed by atoms with E-state index >= 15 is 0 Å². The number of likely N-dealkylation sites (N-methyl/N-ethyl adjacent to an activating group) is 1. The number of aromatic nitrogens is 1. The van der Waals surface area contributed by atoms with Gasteiger partial charge in [-0.15, -0.1) is 0 Å². The second-order valence-electron chi connectivity index (χ2n) is 6.73. The smallest absolute Gasteiger partial charge is 0.246 e. The molecule has 2 heterocycles. The average molecular weight is 395 g/mol. The highest BCUT2D eigenvalue weighted by molar-refractivity contribution is 5.93. The number of carbonyl (C=O) groups excluding carboxylic acids is 2. The zero-order valence-corrected chi connectivity index (χ0v) is 16.9. The highest BCUT2D eigenvalue weighted by Gasteiger charge is 2.16. The molecule has 1 aromatic carbocycles. The third-order valence-electron chi connectivity index (χ3n) is 4.64. The molecule has 29 heavy (non-hydrogen) atoms. The van der Waals surface area contributed by atoms with Crippen molar-refractivity contribution in [2.75, 3.05) is 26.1 Å². The predicted octanol–water partition coefficient (Wildman–Crippen LogP) is 3.05. The van der Waals surface area contributed by atoms with E-state index < -0.39 is 0 Å². The van der Waals surface area contributed by atoms with Crippen molar-refractivity contribution in [1.29, 1.82) is 0 Å². The molecule has 0 saturated carbocycles. The number of fused-ring (bicyclic) bond motifs is 1. The summed E-state index contributed by atoms with van der Waals surface area (Å²) >= 11 is 0. The maximum atomic E-state index is 12.6. The summed E-state index contributed by atoms with van der Waals surface area (Å²) in [4.78, 5) is 29.9. The van der Waals surface area contributed by atoms with Crippen LogP contribution in [-0.4, -0.2) is 42.5 Å². The number of para-hydroxylation sites is 1. The van der Waals surface area contributed by atoms with E-state index in [2.05, 4.69) is 10.3 Å². The fraction of sp³-hybridized carbons (Fsp3) is 0.318. The Hall–Kier alpha value is -3.35. The molecule has 7 heteroatoms. The first-order valence-electron chi connectivity index (χ1n) is 9.52. The molecule has 1 N–H and O–H groups in total. The Morgan fingerprint density at radius 1 is 1.34 bits per heavy atom. The number of hydrogen-bond donors (Lipinski definition) is 1. The van der Waals surface area contributed by atoms with Gasteiger partial charge in [0.2, 0.25) is 11.8 Å². The lowest BCUT2D eigenvalue weighted by Crippen LogP contribution is -2.24. The molecule has 0 radical (unpaired) electrons. The lowest BCUT2D eigenvalue weighted by molar-refractivity contribution is -0.125. The second kappa shape index (κ2) is 9.23. The minimum Gasteiger partial charge on any atom is -0.493 e. The van der Waals surface area contributed by atoms with Crippen molar-refractivity contribution in [1.82, 2.24) is 9.88 Å². The molecule has 2 amide bonds. The Balaban J connectivity index is 1.69. The number of rotatable bonds is 7. The number of methoxy groups -OCH3 is 1. The van der Waals surface area contributed by atoms with Gasteiger partial charge in [0.1, 0.15) is 5.82 Å². The van der Waals surface area contributed by atoms with Crippen molar-refractivity contribution < 1.29 is 19.1 Å². The number of amides is 2. The van der Waals surface area contributed by atoms with Crippen LogP contribution in [0.4, 0.5) is 5.82 Å². The SMILES string of the molecule is CCOc1c(CN(C)C(=O)C=Cc2cnc3c(c2)CCC(=O)N3)cccc1OC. The molecule has 0 bridgehead atoms. The zero-order valence-electron chi connectivity index (χ0n) is 16.9. The number of carbonyl (C=O) groups is 2. The van der Waals surface area contributed by atoms with E-state index in [1.54, 1.807) is 31.3 Å². The molecular weight excluding hydrogens is 370 g/mol. The van der Waals surface area contributed by atoms with E-state index in [0.717, 1.165) is 16.7 Å². The molecular formula is C22H25N3O4. The van der Waals surface area contributed by atoms with Gasteiger partial charge in [0.05, 0.1) is 13.7 Å². The lowest BCUT2D eigenvalue weighted by Gasteiger charge is -2.19. The number of aryl methyl sites for hydroxylation is 1. The lowest BCUT2D eigenvalue weighted by atomic mass is 10.0. The van der Waals surface area contributed by atoms with Gasteiger partial charge in [-0.05, 0) is 42.7 Å². The van der Waals surface area contributed by atoms with Gasteiger partial charge in [-0.25, -0.2) is 4.98 Å². The predicted molar refractivity (Wildman–Crippen MR) is 111 cm³/mol. The van der Waals surface area contributed by atoms with E-state index in [1.807, 2.05) is 31.2 Å². The highest BCUT2D eigenvalue weighted by Crippen LogP contribution is 2.31. The summed E-state index contributed by atoms with van der Waals surface area (Å²) < 4.78 is 11.1. The van der Waals surface area contributed by atoms with Gasteiger partial charge in [0.25, 0.3) is 0 Å². The summed E-state index contributed by atoms with van der Waals surface area (Å²) in [6, 6.07) is 7.58. The molecule has 0 aliphatic carbocycles. The van der Waals surface area contributed by atoms with Gasteiger partial charge >= 0.3 is 0 Å². The van der Waals surface area contributed by atoms with Crippen LogP contribution in [0, 0.1) is 0 Å². The maximum Gasteiger partial charge on any atom is 0.246 e. The van der Waals surface area contributed by atoms with Crippen molar-refractivity contribution in [3.8, 4) is 11.5 Å². The number of ether oxygens (including phenoxy) is 2. The Labute approximate surface area is 170 Å². The molecule has 2 aromatic rings. The van der Waals surface area contributed by atoms with Crippen molar-refractivity contribution in [3.63, 3.8) is 0 Å². The fourth-order valence-electron chi connectivity index (χ4n) is 3.15. The van der Waals surface area contributed by atoms with E-state index in [0.29, 0.717) is 43.3 Å². The van der Waals surface area contributed by atoms with Gasteiger partial charge in [0, 0.05) is 37.8 Å². The van der Waals surface area contributed by atoms with Crippen molar-refractivity contribution in [2.45, 2.75) is 26.3 Å². The third-order valence-corrected chi connectivity index (χ3v) is 4.64. The Morgan fingerprint density at radius 2 is 2.17 bits per heavy atom. The number of nitrogens with one attached hydrogen (secondary N) is 1. The molecule has 1 aromatic heterocycles. The van der Waals surface area contributed by atoms with Gasteiger partial charge in [-0.3, -0.25) is 9.59 Å². The van der Waals surface area contributed by atoms with E-state index in [-0.39, 0.29) is 11.8 Å².